The predicted molar refractivity (Wildman–Crippen MR) is 100 cm³/mol. The van der Waals surface area contributed by atoms with Gasteiger partial charge in [-0.15, -0.1) is 0 Å². The van der Waals surface area contributed by atoms with Crippen molar-refractivity contribution in [2.45, 2.75) is 25.8 Å². The van der Waals surface area contributed by atoms with Gasteiger partial charge in [-0.1, -0.05) is 54.1 Å². The van der Waals surface area contributed by atoms with Gasteiger partial charge in [-0.2, -0.15) is 5.10 Å². The van der Waals surface area contributed by atoms with Crippen LogP contribution in [0.25, 0.3) is 11.3 Å². The highest BCUT2D eigenvalue weighted by molar-refractivity contribution is 6.30. The number of H-pyrrole nitrogens is 1. The molecule has 0 fully saturated rings. The monoisotopic (exact) mass is 353 g/mol. The van der Waals surface area contributed by atoms with Gasteiger partial charge in [0.1, 0.15) is 0 Å². The fourth-order valence-electron chi connectivity index (χ4n) is 2.69. The Balaban J connectivity index is 1.47. The first-order valence-corrected chi connectivity index (χ1v) is 8.69. The second-order valence-electron chi connectivity index (χ2n) is 5.89. The highest BCUT2D eigenvalue weighted by Gasteiger charge is 2.09. The number of rotatable bonds is 7. The average Bonchev–Trinajstić information content (AvgIpc) is 3.11. The van der Waals surface area contributed by atoms with Gasteiger partial charge in [0.15, 0.2) is 0 Å². The van der Waals surface area contributed by atoms with Crippen LogP contribution < -0.4 is 5.32 Å². The van der Waals surface area contributed by atoms with Gasteiger partial charge in [0.05, 0.1) is 11.9 Å². The van der Waals surface area contributed by atoms with Crippen LogP contribution in [0.3, 0.4) is 0 Å². The maximum atomic E-state index is 12.1. The molecule has 1 heterocycles. The molecule has 2 aromatic carbocycles. The Morgan fingerprint density at radius 3 is 2.60 bits per heavy atom. The lowest BCUT2D eigenvalue weighted by molar-refractivity contribution is -0.121. The summed E-state index contributed by atoms with van der Waals surface area (Å²) in [5, 5.41) is 10.8. The molecular weight excluding hydrogens is 334 g/mol. The lowest BCUT2D eigenvalue weighted by Crippen LogP contribution is -2.22. The summed E-state index contributed by atoms with van der Waals surface area (Å²) in [4.78, 5) is 12.1. The molecule has 0 spiro atoms. The SMILES string of the molecule is O=C(CCCc1ccc(Cl)cc1)NCc1cn[nH]c1-c1ccccc1. The minimum absolute atomic E-state index is 0.0502. The number of aromatic amines is 1. The minimum Gasteiger partial charge on any atom is -0.352 e. The van der Waals surface area contributed by atoms with E-state index >= 15 is 0 Å². The number of aromatic nitrogens is 2. The summed E-state index contributed by atoms with van der Waals surface area (Å²) in [7, 11) is 0. The Kier molecular flexibility index (Phi) is 5.86. The standard InChI is InChI=1S/C20H20ClN3O/c21-18-11-9-15(10-12-18)5-4-8-19(25)22-13-17-14-23-24-20(17)16-6-2-1-3-7-16/h1-3,6-7,9-12,14H,4-5,8,13H2,(H,22,25)(H,23,24). The Labute approximate surface area is 152 Å². The second kappa shape index (κ2) is 8.49. The second-order valence-corrected chi connectivity index (χ2v) is 6.33. The number of carbonyl (C=O) groups excluding carboxylic acids is 1. The molecule has 2 N–H and O–H groups in total. The first kappa shape index (κ1) is 17.2. The van der Waals surface area contributed by atoms with Crippen molar-refractivity contribution in [1.82, 2.24) is 15.5 Å². The van der Waals surface area contributed by atoms with E-state index in [9.17, 15) is 4.79 Å². The lowest BCUT2D eigenvalue weighted by Gasteiger charge is -2.06. The van der Waals surface area contributed by atoms with Crippen LogP contribution in [0, 0.1) is 0 Å². The molecule has 128 valence electrons. The van der Waals surface area contributed by atoms with Gasteiger partial charge in [-0.05, 0) is 36.1 Å². The lowest BCUT2D eigenvalue weighted by atomic mass is 10.1. The van der Waals surface area contributed by atoms with Crippen molar-refractivity contribution in [2.75, 3.05) is 0 Å². The minimum atomic E-state index is 0.0502. The van der Waals surface area contributed by atoms with E-state index in [1.165, 1.54) is 5.56 Å². The summed E-state index contributed by atoms with van der Waals surface area (Å²) in [5.74, 6) is 0.0502. The van der Waals surface area contributed by atoms with E-state index in [1.807, 2.05) is 54.6 Å². The third kappa shape index (κ3) is 4.94. The Morgan fingerprint density at radius 1 is 1.08 bits per heavy atom. The number of aryl methyl sites for hydroxylation is 1. The molecule has 1 amide bonds. The smallest absolute Gasteiger partial charge is 0.220 e. The molecular formula is C20H20ClN3O. The van der Waals surface area contributed by atoms with E-state index in [2.05, 4.69) is 15.5 Å². The van der Waals surface area contributed by atoms with Crippen LogP contribution >= 0.6 is 11.6 Å². The van der Waals surface area contributed by atoms with Crippen LogP contribution in [0.5, 0.6) is 0 Å². The van der Waals surface area contributed by atoms with E-state index in [1.54, 1.807) is 6.20 Å². The van der Waals surface area contributed by atoms with E-state index in [-0.39, 0.29) is 5.91 Å². The Hall–Kier alpha value is -2.59. The van der Waals surface area contributed by atoms with Gasteiger partial charge in [-0.25, -0.2) is 0 Å². The molecule has 0 bridgehead atoms. The zero-order valence-electron chi connectivity index (χ0n) is 13.8. The van der Waals surface area contributed by atoms with E-state index in [0.717, 1.165) is 34.7 Å². The summed E-state index contributed by atoms with van der Waals surface area (Å²) >= 11 is 5.87. The molecule has 0 aliphatic carbocycles. The van der Waals surface area contributed by atoms with Crippen LogP contribution in [0.2, 0.25) is 5.02 Å². The fourth-order valence-corrected chi connectivity index (χ4v) is 2.81. The summed E-state index contributed by atoms with van der Waals surface area (Å²) in [6, 6.07) is 17.7. The molecule has 0 radical (unpaired) electrons. The number of nitrogens with one attached hydrogen (secondary N) is 2. The molecule has 25 heavy (non-hydrogen) atoms. The molecule has 0 saturated heterocycles. The van der Waals surface area contributed by atoms with Crippen LogP contribution in [0.15, 0.2) is 60.8 Å². The number of hydrogen-bond donors (Lipinski definition) is 2. The van der Waals surface area contributed by atoms with Gasteiger partial charge in [0.2, 0.25) is 5.91 Å². The summed E-state index contributed by atoms with van der Waals surface area (Å²) in [6.07, 6.45) is 3.94. The first-order valence-electron chi connectivity index (χ1n) is 8.31. The van der Waals surface area contributed by atoms with Gasteiger partial charge < -0.3 is 5.32 Å². The van der Waals surface area contributed by atoms with Crippen molar-refractivity contribution in [3.63, 3.8) is 0 Å². The van der Waals surface area contributed by atoms with Crippen LogP contribution in [-0.4, -0.2) is 16.1 Å². The van der Waals surface area contributed by atoms with Crippen molar-refractivity contribution in [3.05, 3.63) is 76.9 Å². The van der Waals surface area contributed by atoms with Gasteiger partial charge in [0.25, 0.3) is 0 Å². The number of nitrogens with zero attached hydrogens (tertiary/aromatic N) is 1. The summed E-state index contributed by atoms with van der Waals surface area (Å²) in [5.41, 5.74) is 4.18. The molecule has 0 aliphatic heterocycles. The molecule has 5 heteroatoms. The number of amides is 1. The number of hydrogen-bond acceptors (Lipinski definition) is 2. The van der Waals surface area contributed by atoms with E-state index in [4.69, 9.17) is 11.6 Å². The molecule has 3 aromatic rings. The fraction of sp³-hybridized carbons (Fsp3) is 0.200. The average molecular weight is 354 g/mol. The highest BCUT2D eigenvalue weighted by Crippen LogP contribution is 2.20. The van der Waals surface area contributed by atoms with Crippen molar-refractivity contribution in [3.8, 4) is 11.3 Å². The molecule has 0 saturated carbocycles. The third-order valence-electron chi connectivity index (χ3n) is 4.04. The topological polar surface area (TPSA) is 57.8 Å². The number of carbonyl (C=O) groups is 1. The quantitative estimate of drug-likeness (QED) is 0.662. The summed E-state index contributed by atoms with van der Waals surface area (Å²) in [6.45, 7) is 0.473. The van der Waals surface area contributed by atoms with Gasteiger partial charge in [-0.3, -0.25) is 9.89 Å². The van der Waals surface area contributed by atoms with Crippen LogP contribution in [-0.2, 0) is 17.8 Å². The molecule has 0 unspecified atom stereocenters. The first-order chi connectivity index (χ1) is 12.2. The van der Waals surface area contributed by atoms with Crippen LogP contribution in [0.1, 0.15) is 24.0 Å². The maximum absolute atomic E-state index is 12.1. The zero-order valence-corrected chi connectivity index (χ0v) is 14.6. The normalized spacial score (nSPS) is 10.6. The highest BCUT2D eigenvalue weighted by atomic mass is 35.5. The maximum Gasteiger partial charge on any atom is 0.220 e. The molecule has 0 atom stereocenters. The third-order valence-corrected chi connectivity index (χ3v) is 4.29. The molecule has 1 aromatic heterocycles. The van der Waals surface area contributed by atoms with Gasteiger partial charge in [0, 0.05) is 23.6 Å². The van der Waals surface area contributed by atoms with Crippen molar-refractivity contribution < 1.29 is 4.79 Å². The largest absolute Gasteiger partial charge is 0.352 e. The van der Waals surface area contributed by atoms with Crippen molar-refractivity contribution >= 4 is 17.5 Å². The summed E-state index contributed by atoms with van der Waals surface area (Å²) < 4.78 is 0. The van der Waals surface area contributed by atoms with Gasteiger partial charge >= 0.3 is 0 Å². The predicted octanol–water partition coefficient (Wildman–Crippen LogP) is 4.37. The Morgan fingerprint density at radius 2 is 1.84 bits per heavy atom. The molecule has 4 nitrogen and oxygen atoms in total. The Bertz CT molecular complexity index is 812. The van der Waals surface area contributed by atoms with E-state index in [0.29, 0.717) is 13.0 Å². The van der Waals surface area contributed by atoms with E-state index < -0.39 is 0 Å². The number of halogens is 1. The zero-order chi connectivity index (χ0) is 17.5. The van der Waals surface area contributed by atoms with Crippen molar-refractivity contribution in [2.24, 2.45) is 0 Å². The van der Waals surface area contributed by atoms with Crippen molar-refractivity contribution in [1.29, 1.82) is 0 Å². The molecule has 3 rings (SSSR count). The van der Waals surface area contributed by atoms with Crippen LogP contribution in [0.4, 0.5) is 0 Å². The molecule has 0 aliphatic rings. The number of benzene rings is 2.